The molecule has 138 valence electrons. The van der Waals surface area contributed by atoms with Crippen LogP contribution in [0.15, 0.2) is 57.9 Å². The van der Waals surface area contributed by atoms with E-state index in [4.69, 9.17) is 4.74 Å². The van der Waals surface area contributed by atoms with Gasteiger partial charge in [0.05, 0.1) is 12.0 Å². The average molecular weight is 443 g/mol. The molecular formula is C16H15BrN2O6S. The largest absolute Gasteiger partial charge is 0.484 e. The molecule has 0 spiro atoms. The third kappa shape index (κ3) is 5.74. The fraction of sp³-hybridized carbons (Fsp3) is 0.125. The molecule has 0 unspecified atom stereocenters. The summed E-state index contributed by atoms with van der Waals surface area (Å²) in [4.78, 5) is 22.8. The summed E-state index contributed by atoms with van der Waals surface area (Å²) in [5.41, 5.74) is 0.381. The lowest BCUT2D eigenvalue weighted by molar-refractivity contribution is -0.118. The summed E-state index contributed by atoms with van der Waals surface area (Å²) in [6.07, 6.45) is -1.09. The second-order valence-electron chi connectivity index (χ2n) is 4.91. The van der Waals surface area contributed by atoms with Gasteiger partial charge in [0, 0.05) is 10.2 Å². The number of halogens is 1. The van der Waals surface area contributed by atoms with Gasteiger partial charge in [-0.2, -0.15) is 0 Å². The molecule has 0 radical (unpaired) electrons. The van der Waals surface area contributed by atoms with Crippen molar-refractivity contribution < 1.29 is 27.5 Å². The van der Waals surface area contributed by atoms with Gasteiger partial charge in [-0.15, -0.1) is 0 Å². The van der Waals surface area contributed by atoms with Crippen LogP contribution in [0.3, 0.4) is 0 Å². The van der Waals surface area contributed by atoms with E-state index in [0.717, 1.165) is 11.6 Å². The molecule has 0 fully saturated rings. The summed E-state index contributed by atoms with van der Waals surface area (Å²) >= 11 is 3.30. The van der Waals surface area contributed by atoms with E-state index in [1.807, 2.05) is 0 Å². The van der Waals surface area contributed by atoms with Gasteiger partial charge < -0.3 is 14.8 Å². The zero-order valence-corrected chi connectivity index (χ0v) is 16.0. The molecule has 2 rings (SSSR count). The van der Waals surface area contributed by atoms with Crippen molar-refractivity contribution in [2.75, 3.05) is 19.0 Å². The molecule has 0 saturated heterocycles. The van der Waals surface area contributed by atoms with Gasteiger partial charge in [0.2, 0.25) is 0 Å². The number of ether oxygens (including phenoxy) is 2. The van der Waals surface area contributed by atoms with Crippen molar-refractivity contribution in [3.05, 3.63) is 53.0 Å². The number of hydrogen-bond acceptors (Lipinski definition) is 6. The second kappa shape index (κ2) is 8.68. The van der Waals surface area contributed by atoms with Crippen LogP contribution in [0.4, 0.5) is 10.5 Å². The molecule has 0 bridgehead atoms. The minimum Gasteiger partial charge on any atom is -0.484 e. The molecule has 0 aliphatic heterocycles. The number of carbonyl (C=O) groups is 2. The lowest BCUT2D eigenvalue weighted by Crippen LogP contribution is -2.30. The Kier molecular flexibility index (Phi) is 6.58. The minimum absolute atomic E-state index is 0.146. The first kappa shape index (κ1) is 19.7. The summed E-state index contributed by atoms with van der Waals surface area (Å²) in [5, 5.41) is 2.57. The summed E-state index contributed by atoms with van der Waals surface area (Å²) in [6, 6.07) is 12.3. The van der Waals surface area contributed by atoms with Crippen molar-refractivity contribution in [1.82, 2.24) is 4.72 Å². The molecule has 0 atom stereocenters. The predicted molar refractivity (Wildman–Crippen MR) is 97.4 cm³/mol. The highest BCUT2D eigenvalue weighted by Gasteiger charge is 2.17. The van der Waals surface area contributed by atoms with Gasteiger partial charge in [0.15, 0.2) is 6.61 Å². The maximum Gasteiger partial charge on any atom is 0.420 e. The molecular weight excluding hydrogens is 428 g/mol. The third-order valence-corrected chi connectivity index (χ3v) is 4.89. The SMILES string of the molecule is COC(=O)NS(=O)(=O)c1ccc(NC(=O)COc2ccc(Br)cc2)cc1. The van der Waals surface area contributed by atoms with E-state index in [9.17, 15) is 18.0 Å². The third-order valence-electron chi connectivity index (χ3n) is 3.04. The van der Waals surface area contributed by atoms with Gasteiger partial charge in [0.25, 0.3) is 15.9 Å². The molecule has 2 aromatic rings. The van der Waals surface area contributed by atoms with Crippen LogP contribution in [-0.2, 0) is 19.6 Å². The highest BCUT2D eigenvalue weighted by molar-refractivity contribution is 9.10. The number of sulfonamides is 1. The predicted octanol–water partition coefficient (Wildman–Crippen LogP) is 2.51. The number of anilines is 1. The smallest absolute Gasteiger partial charge is 0.420 e. The van der Waals surface area contributed by atoms with Crippen molar-refractivity contribution in [3.63, 3.8) is 0 Å². The second-order valence-corrected chi connectivity index (χ2v) is 7.51. The van der Waals surface area contributed by atoms with E-state index in [0.29, 0.717) is 11.4 Å². The molecule has 8 nitrogen and oxygen atoms in total. The lowest BCUT2D eigenvalue weighted by Gasteiger charge is -2.09. The summed E-state index contributed by atoms with van der Waals surface area (Å²) in [5.74, 6) is 0.134. The Morgan fingerprint density at radius 2 is 1.65 bits per heavy atom. The highest BCUT2D eigenvalue weighted by atomic mass is 79.9. The van der Waals surface area contributed by atoms with Crippen LogP contribution in [-0.4, -0.2) is 34.1 Å². The van der Waals surface area contributed by atoms with Crippen LogP contribution in [0, 0.1) is 0 Å². The molecule has 0 aliphatic rings. The molecule has 10 heteroatoms. The van der Waals surface area contributed by atoms with Crippen LogP contribution in [0.5, 0.6) is 5.75 Å². The monoisotopic (exact) mass is 442 g/mol. The Morgan fingerprint density at radius 3 is 2.23 bits per heavy atom. The van der Waals surface area contributed by atoms with E-state index in [2.05, 4.69) is 26.0 Å². The van der Waals surface area contributed by atoms with Crippen molar-refractivity contribution in [2.24, 2.45) is 0 Å². The van der Waals surface area contributed by atoms with E-state index in [-0.39, 0.29) is 11.5 Å². The zero-order chi connectivity index (χ0) is 19.2. The molecule has 2 N–H and O–H groups in total. The Hall–Kier alpha value is -2.59. The van der Waals surface area contributed by atoms with Crippen molar-refractivity contribution in [3.8, 4) is 5.75 Å². The minimum atomic E-state index is -4.03. The van der Waals surface area contributed by atoms with E-state index >= 15 is 0 Å². The Bertz CT molecular complexity index is 882. The quantitative estimate of drug-likeness (QED) is 0.710. The number of methoxy groups -OCH3 is 1. The van der Waals surface area contributed by atoms with Gasteiger partial charge in [0.1, 0.15) is 5.75 Å². The van der Waals surface area contributed by atoms with Gasteiger partial charge in [-0.3, -0.25) is 4.79 Å². The Labute approximate surface area is 158 Å². The number of hydrogen-bond donors (Lipinski definition) is 2. The van der Waals surface area contributed by atoms with E-state index < -0.39 is 22.0 Å². The summed E-state index contributed by atoms with van der Waals surface area (Å²) < 4.78 is 36.0. The van der Waals surface area contributed by atoms with Gasteiger partial charge in [-0.05, 0) is 48.5 Å². The number of benzene rings is 2. The van der Waals surface area contributed by atoms with Crippen LogP contribution in [0.1, 0.15) is 0 Å². The van der Waals surface area contributed by atoms with Crippen LogP contribution in [0.2, 0.25) is 0 Å². The molecule has 26 heavy (non-hydrogen) atoms. The standard InChI is InChI=1S/C16H15BrN2O6S/c1-24-16(21)19-26(22,23)14-8-4-12(5-9-14)18-15(20)10-25-13-6-2-11(17)3-7-13/h2-9H,10H2,1H3,(H,18,20)(H,19,21). The van der Waals surface area contributed by atoms with Crippen molar-refractivity contribution in [2.45, 2.75) is 4.90 Å². The number of carbonyl (C=O) groups excluding carboxylic acids is 2. The van der Waals surface area contributed by atoms with Crippen LogP contribution in [0.25, 0.3) is 0 Å². The Morgan fingerprint density at radius 1 is 1.04 bits per heavy atom. The normalized spacial score (nSPS) is 10.7. The number of nitrogens with one attached hydrogen (secondary N) is 2. The summed E-state index contributed by atoms with van der Waals surface area (Å²) in [6.45, 7) is -0.203. The molecule has 2 amide bonds. The van der Waals surface area contributed by atoms with Gasteiger partial charge in [-0.25, -0.2) is 17.9 Å². The zero-order valence-electron chi connectivity index (χ0n) is 13.6. The molecule has 2 aromatic carbocycles. The Balaban J connectivity index is 1.92. The lowest BCUT2D eigenvalue weighted by atomic mass is 10.3. The number of amides is 2. The maximum atomic E-state index is 11.9. The average Bonchev–Trinajstić information content (AvgIpc) is 2.61. The molecule has 0 aromatic heterocycles. The summed E-state index contributed by atoms with van der Waals surface area (Å²) in [7, 11) is -2.98. The molecule has 0 heterocycles. The van der Waals surface area contributed by atoms with Crippen LogP contribution < -0.4 is 14.8 Å². The van der Waals surface area contributed by atoms with Crippen molar-refractivity contribution >= 4 is 43.6 Å². The van der Waals surface area contributed by atoms with Crippen molar-refractivity contribution in [1.29, 1.82) is 0 Å². The fourth-order valence-electron chi connectivity index (χ4n) is 1.80. The van der Waals surface area contributed by atoms with E-state index in [1.165, 1.54) is 24.3 Å². The molecule has 0 aliphatic carbocycles. The first-order valence-corrected chi connectivity index (χ1v) is 9.47. The maximum absolute atomic E-state index is 11.9. The number of rotatable bonds is 6. The van der Waals surface area contributed by atoms with Gasteiger partial charge in [-0.1, -0.05) is 15.9 Å². The molecule has 0 saturated carbocycles. The fourth-order valence-corrected chi connectivity index (χ4v) is 2.98. The van der Waals surface area contributed by atoms with E-state index in [1.54, 1.807) is 29.0 Å². The first-order valence-electron chi connectivity index (χ1n) is 7.19. The highest BCUT2D eigenvalue weighted by Crippen LogP contribution is 2.17. The first-order chi connectivity index (χ1) is 12.3. The van der Waals surface area contributed by atoms with Gasteiger partial charge >= 0.3 is 6.09 Å². The van der Waals surface area contributed by atoms with Crippen LogP contribution >= 0.6 is 15.9 Å². The topological polar surface area (TPSA) is 111 Å².